The van der Waals surface area contributed by atoms with E-state index in [1.165, 1.54) is 5.38 Å². The summed E-state index contributed by atoms with van der Waals surface area (Å²) in [5.74, 6) is -4.39. The van der Waals surface area contributed by atoms with Crippen molar-refractivity contribution < 1.29 is 45.7 Å². The first kappa shape index (κ1) is 29.3. The number of aromatic nitrogens is 4. The number of nitrogens with two attached hydrogens (primary N) is 2. The Morgan fingerprint density at radius 2 is 2.00 bits per heavy atom. The van der Waals surface area contributed by atoms with Crippen molar-refractivity contribution in [3.63, 3.8) is 0 Å². The molecule has 2 fully saturated rings. The molecule has 1 unspecified atom stereocenters. The number of anilines is 1. The summed E-state index contributed by atoms with van der Waals surface area (Å²) in [6.45, 7) is -0.589. The highest BCUT2D eigenvalue weighted by molar-refractivity contribution is 7.90. The predicted molar refractivity (Wildman–Crippen MR) is 134 cm³/mol. The van der Waals surface area contributed by atoms with Crippen LogP contribution in [0.4, 0.5) is 5.13 Å². The van der Waals surface area contributed by atoms with E-state index in [9.17, 15) is 40.9 Å². The maximum absolute atomic E-state index is 13.1. The van der Waals surface area contributed by atoms with Gasteiger partial charge in [0.25, 0.3) is 11.8 Å². The van der Waals surface area contributed by atoms with Crippen LogP contribution in [0.2, 0.25) is 0 Å². The van der Waals surface area contributed by atoms with Crippen LogP contribution in [0, 0.1) is 0 Å². The second-order valence-corrected chi connectivity index (χ2v) is 13.2. The number of hydrogen-bond acceptors (Lipinski definition) is 15. The van der Waals surface area contributed by atoms with Crippen LogP contribution < -0.4 is 16.8 Å². The van der Waals surface area contributed by atoms with E-state index in [0.29, 0.717) is 0 Å². The third-order valence-electron chi connectivity index (χ3n) is 5.82. The Labute approximate surface area is 229 Å². The van der Waals surface area contributed by atoms with Crippen LogP contribution in [-0.2, 0) is 51.7 Å². The topological polar surface area (TPSA) is 292 Å². The molecule has 1 aliphatic carbocycles. The lowest BCUT2D eigenvalue weighted by atomic mass is 9.98. The lowest BCUT2D eigenvalue weighted by Gasteiger charge is -2.43. The average Bonchev–Trinajstić information content (AvgIpc) is 3.33. The number of rotatable bonds is 13. The van der Waals surface area contributed by atoms with E-state index < -0.39 is 73.6 Å². The number of carbonyl (C=O) groups excluding carboxylic acids is 2. The molecule has 22 heteroatoms. The van der Waals surface area contributed by atoms with Crippen molar-refractivity contribution in [1.29, 1.82) is 0 Å². The van der Waals surface area contributed by atoms with E-state index in [4.69, 9.17) is 16.3 Å². The number of nitrogens with zero attached hydrogens (tertiary/aromatic N) is 6. The zero-order chi connectivity index (χ0) is 29.5. The summed E-state index contributed by atoms with van der Waals surface area (Å²) in [5, 5.41) is 24.4. The van der Waals surface area contributed by atoms with Gasteiger partial charge < -0.3 is 26.7 Å². The molecular weight excluding hydrogens is 598 g/mol. The maximum Gasteiger partial charge on any atom is 0.362 e. The molecule has 2 aromatic rings. The number of hydrogen-bond donors (Lipinski definition) is 5. The largest absolute Gasteiger partial charge is 0.478 e. The monoisotopic (exact) mass is 621 g/mol. The number of amides is 2. The van der Waals surface area contributed by atoms with Gasteiger partial charge in [0.15, 0.2) is 20.7 Å². The lowest BCUT2D eigenvalue weighted by Crippen LogP contribution is -2.73. The molecule has 40 heavy (non-hydrogen) atoms. The van der Waals surface area contributed by atoms with Crippen molar-refractivity contribution in [1.82, 2.24) is 29.6 Å². The van der Waals surface area contributed by atoms with E-state index in [0.717, 1.165) is 22.3 Å². The van der Waals surface area contributed by atoms with E-state index >= 15 is 0 Å². The molecule has 0 radical (unpaired) electrons. The van der Waals surface area contributed by atoms with E-state index in [1.54, 1.807) is 0 Å². The number of carboxylic acids is 1. The molecule has 1 saturated carbocycles. The Morgan fingerprint density at radius 1 is 1.30 bits per heavy atom. The van der Waals surface area contributed by atoms with Crippen LogP contribution in [0.3, 0.4) is 0 Å². The second kappa shape index (κ2) is 10.7. The number of oxime groups is 1. The Hall–Kier alpha value is -3.73. The number of aliphatic carboxylic acids is 1. The zero-order valence-corrected chi connectivity index (χ0v) is 22.7. The highest BCUT2D eigenvalue weighted by Gasteiger charge is 2.56. The summed E-state index contributed by atoms with van der Waals surface area (Å²) in [6.07, 6.45) is 1.39. The van der Waals surface area contributed by atoms with Crippen LogP contribution in [0.15, 0.2) is 16.7 Å². The molecule has 19 nitrogen and oxygen atoms in total. The van der Waals surface area contributed by atoms with Crippen molar-refractivity contribution in [2.75, 3.05) is 18.0 Å². The summed E-state index contributed by atoms with van der Waals surface area (Å²) < 4.78 is 57.3. The molecule has 1 saturated heterocycles. The lowest BCUT2D eigenvalue weighted by molar-refractivity contribution is -0.153. The van der Waals surface area contributed by atoms with Gasteiger partial charge in [0.2, 0.25) is 5.60 Å². The molecule has 1 aliphatic heterocycles. The Morgan fingerprint density at radius 3 is 2.55 bits per heavy atom. The number of β-lactam (4-membered cyclic amide) rings is 1. The van der Waals surface area contributed by atoms with Crippen molar-refractivity contribution in [2.24, 2.45) is 10.9 Å². The SMILES string of the molecule is NCCS(=O)(=O)Cc1cnn(C[C@H]2C(NC(=O)/C(=N\OC3(C(=O)O)CC3)c3csc(N)n3)C(=O)N2S(=O)(=O)O)n1. The smallest absolute Gasteiger partial charge is 0.362 e. The molecule has 2 atom stereocenters. The molecule has 4 rings (SSSR count). The van der Waals surface area contributed by atoms with Crippen molar-refractivity contribution in [3.05, 3.63) is 23.0 Å². The summed E-state index contributed by atoms with van der Waals surface area (Å²) in [6, 6.07) is -3.00. The molecule has 3 heterocycles. The summed E-state index contributed by atoms with van der Waals surface area (Å²) >= 11 is 0.937. The van der Waals surface area contributed by atoms with Gasteiger partial charge in [-0.1, -0.05) is 5.16 Å². The highest BCUT2D eigenvalue weighted by atomic mass is 32.2. The highest BCUT2D eigenvalue weighted by Crippen LogP contribution is 2.40. The second-order valence-electron chi connectivity index (χ2n) is 8.80. The fraction of sp³-hybridized carbons (Fsp3) is 0.500. The predicted octanol–water partition coefficient (Wildman–Crippen LogP) is -3.27. The summed E-state index contributed by atoms with van der Waals surface area (Å²) in [7, 11) is -8.66. The van der Waals surface area contributed by atoms with Gasteiger partial charge in [-0.25, -0.2) is 22.5 Å². The molecule has 7 N–H and O–H groups in total. The minimum absolute atomic E-state index is 0.0122. The molecule has 2 aromatic heterocycles. The van der Waals surface area contributed by atoms with Crippen LogP contribution in [0.1, 0.15) is 24.2 Å². The fourth-order valence-corrected chi connectivity index (χ4v) is 6.18. The Balaban J connectivity index is 1.56. The first-order valence-electron chi connectivity index (χ1n) is 11.3. The Kier molecular flexibility index (Phi) is 7.81. The van der Waals surface area contributed by atoms with E-state index in [2.05, 4.69) is 25.7 Å². The zero-order valence-electron chi connectivity index (χ0n) is 20.3. The van der Waals surface area contributed by atoms with Crippen LogP contribution in [-0.4, -0.2) is 104 Å². The normalized spacial score (nSPS) is 20.6. The third-order valence-corrected chi connectivity index (χ3v) is 9.04. The van der Waals surface area contributed by atoms with Gasteiger partial charge in [-0.3, -0.25) is 14.1 Å². The first-order valence-corrected chi connectivity index (χ1v) is 15.4. The molecular formula is C18H23N9O10S3. The number of carboxylic acid groups (broad SMARTS) is 1. The van der Waals surface area contributed by atoms with Gasteiger partial charge in [0.1, 0.15) is 17.8 Å². The van der Waals surface area contributed by atoms with Gasteiger partial charge in [-0.15, -0.1) is 11.3 Å². The van der Waals surface area contributed by atoms with Gasteiger partial charge >= 0.3 is 16.3 Å². The van der Waals surface area contributed by atoms with Crippen molar-refractivity contribution in [3.8, 4) is 0 Å². The Bertz CT molecular complexity index is 1580. The van der Waals surface area contributed by atoms with Gasteiger partial charge in [-0.05, 0) is 0 Å². The number of carbonyl (C=O) groups is 3. The number of nitrogen functional groups attached to an aromatic ring is 1. The number of nitrogens with one attached hydrogen (secondary N) is 1. The van der Waals surface area contributed by atoms with E-state index in [1.807, 2.05) is 0 Å². The molecule has 0 spiro atoms. The van der Waals surface area contributed by atoms with Gasteiger partial charge in [0, 0.05) is 24.8 Å². The van der Waals surface area contributed by atoms with Crippen LogP contribution >= 0.6 is 11.3 Å². The molecule has 2 amide bonds. The van der Waals surface area contributed by atoms with Crippen LogP contribution in [0.25, 0.3) is 0 Å². The quantitative estimate of drug-likeness (QED) is 0.0634. The van der Waals surface area contributed by atoms with Crippen molar-refractivity contribution in [2.45, 2.75) is 42.8 Å². The molecule has 2 aliphatic rings. The number of thiazole rings is 1. The molecule has 0 bridgehead atoms. The van der Waals surface area contributed by atoms with E-state index in [-0.39, 0.29) is 46.0 Å². The van der Waals surface area contributed by atoms with Gasteiger partial charge in [-0.2, -0.15) is 23.4 Å². The summed E-state index contributed by atoms with van der Waals surface area (Å²) in [5.41, 5.74) is 8.65. The van der Waals surface area contributed by atoms with Gasteiger partial charge in [0.05, 0.1) is 29.9 Å². The fourth-order valence-electron chi connectivity index (χ4n) is 3.67. The maximum atomic E-state index is 13.1. The first-order chi connectivity index (χ1) is 18.7. The van der Waals surface area contributed by atoms with Crippen LogP contribution in [0.5, 0.6) is 0 Å². The summed E-state index contributed by atoms with van der Waals surface area (Å²) in [4.78, 5) is 47.1. The molecule has 0 aromatic carbocycles. The van der Waals surface area contributed by atoms with Crippen molar-refractivity contribution >= 4 is 60.1 Å². The standard InChI is InChI=1S/C18H23N9O10S3/c19-3-4-39(32,33)8-9-5-21-26(24-9)6-11-13(15(29)27(11)40(34,35)36)23-14(28)12(10-7-38-17(20)22-10)25-37-18(1-2-18)16(30)31/h5,7,11,13H,1-4,6,8,19H2,(H2,20,22)(H,23,28)(H,30,31)(H,34,35,36)/b25-12-/t11-,13?/m0/s1. The number of sulfone groups is 1. The minimum Gasteiger partial charge on any atom is -0.478 e. The minimum atomic E-state index is -5.08. The average molecular weight is 622 g/mol. The molecule has 218 valence electrons. The third kappa shape index (κ3) is 6.19.